The number of nitrogens with zero attached hydrogens (tertiary/aromatic N) is 6. The van der Waals surface area contributed by atoms with E-state index in [4.69, 9.17) is 5.10 Å². The minimum atomic E-state index is 0.0607. The highest BCUT2D eigenvalue weighted by Gasteiger charge is 2.31. The van der Waals surface area contributed by atoms with Gasteiger partial charge in [-0.2, -0.15) is 10.2 Å². The molecule has 0 spiro atoms. The van der Waals surface area contributed by atoms with Gasteiger partial charge in [-0.3, -0.25) is 14.6 Å². The Kier molecular flexibility index (Phi) is 6.76. The molecule has 36 heavy (non-hydrogen) atoms. The van der Waals surface area contributed by atoms with E-state index in [1.807, 2.05) is 17.9 Å². The fraction of sp³-hybridized carbons (Fsp3) is 0.429. The average Bonchev–Trinajstić information content (AvgIpc) is 3.47. The largest absolute Gasteiger partial charge is 0.368 e. The van der Waals surface area contributed by atoms with Crippen molar-refractivity contribution in [3.63, 3.8) is 0 Å². The highest BCUT2D eigenvalue weighted by molar-refractivity contribution is 5.86. The van der Waals surface area contributed by atoms with Gasteiger partial charge >= 0.3 is 0 Å². The number of anilines is 1. The van der Waals surface area contributed by atoms with Crippen LogP contribution in [0.5, 0.6) is 0 Å². The smallest absolute Gasteiger partial charge is 0.230 e. The molecule has 188 valence electrons. The Morgan fingerprint density at radius 3 is 2.64 bits per heavy atom. The van der Waals surface area contributed by atoms with Gasteiger partial charge in [-0.1, -0.05) is 37.3 Å². The van der Waals surface area contributed by atoms with Gasteiger partial charge in [0.05, 0.1) is 23.7 Å². The third-order valence-corrected chi connectivity index (χ3v) is 7.03. The Labute approximate surface area is 212 Å². The lowest BCUT2D eigenvalue weighted by molar-refractivity contribution is -0.133. The third kappa shape index (κ3) is 4.85. The van der Waals surface area contributed by atoms with E-state index in [9.17, 15) is 4.79 Å². The van der Waals surface area contributed by atoms with Crippen LogP contribution in [0.3, 0.4) is 0 Å². The van der Waals surface area contributed by atoms with Crippen molar-refractivity contribution in [1.82, 2.24) is 29.9 Å². The molecule has 1 fully saturated rings. The second kappa shape index (κ2) is 10.1. The standard InChI is InChI=1S/C28H35N7O/c1-5-25-24-12-11-22(16-26(24)35(32-25)19(2)3)33-13-14-34(28(36)17-27-29-20(4)30-31-27)23(18-33)15-21-9-7-6-8-10-21/h6-12,16,19,23H,5,13-15,17-18H2,1-4H3,(H,29,30,31)/t23-/m0/s1. The summed E-state index contributed by atoms with van der Waals surface area (Å²) in [5, 5.41) is 13.1. The number of benzene rings is 2. The molecule has 1 aliphatic rings. The van der Waals surface area contributed by atoms with E-state index in [1.54, 1.807) is 0 Å². The molecule has 2 aromatic heterocycles. The number of carbonyl (C=O) groups excluding carboxylic acids is 1. The van der Waals surface area contributed by atoms with Crippen LogP contribution in [0.2, 0.25) is 0 Å². The Hall–Kier alpha value is -3.68. The van der Waals surface area contributed by atoms with Crippen LogP contribution in [0.25, 0.3) is 10.9 Å². The van der Waals surface area contributed by atoms with Gasteiger partial charge in [0.25, 0.3) is 0 Å². The minimum absolute atomic E-state index is 0.0607. The fourth-order valence-corrected chi connectivity index (χ4v) is 5.23. The van der Waals surface area contributed by atoms with Gasteiger partial charge in [0.1, 0.15) is 5.82 Å². The zero-order valence-electron chi connectivity index (χ0n) is 21.6. The van der Waals surface area contributed by atoms with Gasteiger partial charge in [-0.25, -0.2) is 4.98 Å². The molecule has 3 heterocycles. The molecular formula is C28H35N7O. The number of rotatable bonds is 7. The number of hydrogen-bond donors (Lipinski definition) is 1. The molecule has 5 rings (SSSR count). The molecule has 1 saturated heterocycles. The van der Waals surface area contributed by atoms with Crippen LogP contribution in [0, 0.1) is 6.92 Å². The van der Waals surface area contributed by atoms with Crippen molar-refractivity contribution in [3.8, 4) is 0 Å². The van der Waals surface area contributed by atoms with Crippen LogP contribution < -0.4 is 4.90 Å². The van der Waals surface area contributed by atoms with Crippen molar-refractivity contribution in [2.45, 2.75) is 59.0 Å². The number of piperazine rings is 1. The number of fused-ring (bicyclic) bond motifs is 1. The molecule has 0 aliphatic carbocycles. The summed E-state index contributed by atoms with van der Waals surface area (Å²) in [5.41, 5.74) is 4.74. The molecule has 1 aliphatic heterocycles. The average molecular weight is 486 g/mol. The van der Waals surface area contributed by atoms with E-state index in [1.165, 1.54) is 22.2 Å². The number of hydrogen-bond acceptors (Lipinski definition) is 5. The fourth-order valence-electron chi connectivity index (χ4n) is 5.23. The van der Waals surface area contributed by atoms with Crippen LogP contribution >= 0.6 is 0 Å². The van der Waals surface area contributed by atoms with Crippen LogP contribution in [-0.4, -0.2) is 61.4 Å². The number of nitrogens with one attached hydrogen (secondary N) is 1. The summed E-state index contributed by atoms with van der Waals surface area (Å²) >= 11 is 0. The van der Waals surface area contributed by atoms with Gasteiger partial charge < -0.3 is 9.80 Å². The van der Waals surface area contributed by atoms with Crippen molar-refractivity contribution in [2.75, 3.05) is 24.5 Å². The van der Waals surface area contributed by atoms with Crippen LogP contribution in [0.4, 0.5) is 5.69 Å². The molecule has 0 saturated carbocycles. The zero-order chi connectivity index (χ0) is 25.2. The predicted molar refractivity (Wildman–Crippen MR) is 142 cm³/mol. The molecule has 8 heteroatoms. The van der Waals surface area contributed by atoms with Gasteiger partial charge in [0, 0.05) is 36.7 Å². The van der Waals surface area contributed by atoms with E-state index < -0.39 is 0 Å². The number of aryl methyl sites for hydroxylation is 2. The van der Waals surface area contributed by atoms with E-state index in [0.29, 0.717) is 18.4 Å². The first-order valence-electron chi connectivity index (χ1n) is 12.9. The van der Waals surface area contributed by atoms with Crippen LogP contribution in [-0.2, 0) is 24.1 Å². The van der Waals surface area contributed by atoms with E-state index >= 15 is 0 Å². The van der Waals surface area contributed by atoms with Gasteiger partial charge in [0.2, 0.25) is 5.91 Å². The SMILES string of the molecule is CCc1nn(C(C)C)c2cc(N3CCN(C(=O)Cc4n[nH]c(C)n4)[C@@H](Cc4ccccc4)C3)ccc12. The summed E-state index contributed by atoms with van der Waals surface area (Å²) in [6.07, 6.45) is 1.94. The van der Waals surface area contributed by atoms with Crippen molar-refractivity contribution in [1.29, 1.82) is 0 Å². The Bertz CT molecular complexity index is 1340. The Morgan fingerprint density at radius 2 is 1.94 bits per heavy atom. The third-order valence-electron chi connectivity index (χ3n) is 7.03. The van der Waals surface area contributed by atoms with Gasteiger partial charge in [-0.15, -0.1) is 0 Å². The molecule has 0 bridgehead atoms. The van der Waals surface area contributed by atoms with Crippen molar-refractivity contribution in [3.05, 3.63) is 71.4 Å². The van der Waals surface area contributed by atoms with Crippen molar-refractivity contribution < 1.29 is 4.79 Å². The highest BCUT2D eigenvalue weighted by atomic mass is 16.2. The molecule has 1 atom stereocenters. The Morgan fingerprint density at radius 1 is 1.14 bits per heavy atom. The number of amides is 1. The molecular weight excluding hydrogens is 450 g/mol. The number of H-pyrrole nitrogens is 1. The van der Waals surface area contributed by atoms with Gasteiger partial charge in [-0.05, 0) is 57.4 Å². The van der Waals surface area contributed by atoms with E-state index in [0.717, 1.165) is 37.4 Å². The number of carbonyl (C=O) groups is 1. The number of aromatic amines is 1. The second-order valence-corrected chi connectivity index (χ2v) is 9.93. The van der Waals surface area contributed by atoms with E-state index in [2.05, 4.69) is 88.0 Å². The molecule has 4 aromatic rings. The lowest BCUT2D eigenvalue weighted by atomic mass is 10.0. The monoisotopic (exact) mass is 485 g/mol. The summed E-state index contributed by atoms with van der Waals surface area (Å²) in [6, 6.07) is 17.5. The first-order valence-corrected chi connectivity index (χ1v) is 12.9. The zero-order valence-corrected chi connectivity index (χ0v) is 21.6. The summed E-state index contributed by atoms with van der Waals surface area (Å²) in [4.78, 5) is 22.1. The predicted octanol–water partition coefficient (Wildman–Crippen LogP) is 4.11. The normalized spacial score (nSPS) is 16.3. The minimum Gasteiger partial charge on any atom is -0.368 e. The first kappa shape index (κ1) is 24.0. The molecule has 8 nitrogen and oxygen atoms in total. The molecule has 2 aromatic carbocycles. The first-order chi connectivity index (χ1) is 17.4. The maximum atomic E-state index is 13.4. The van der Waals surface area contributed by atoms with Crippen molar-refractivity contribution >= 4 is 22.5 Å². The Balaban J connectivity index is 1.42. The van der Waals surface area contributed by atoms with Crippen molar-refractivity contribution in [2.24, 2.45) is 0 Å². The van der Waals surface area contributed by atoms with Gasteiger partial charge in [0.15, 0.2) is 5.82 Å². The lowest BCUT2D eigenvalue weighted by Crippen LogP contribution is -2.56. The molecule has 1 amide bonds. The van der Waals surface area contributed by atoms with Crippen LogP contribution in [0.1, 0.15) is 49.7 Å². The van der Waals surface area contributed by atoms with E-state index in [-0.39, 0.29) is 18.4 Å². The summed E-state index contributed by atoms with van der Waals surface area (Å²) in [6.45, 7) is 10.6. The molecule has 0 radical (unpaired) electrons. The summed E-state index contributed by atoms with van der Waals surface area (Å²) in [7, 11) is 0. The maximum Gasteiger partial charge on any atom is 0.230 e. The second-order valence-electron chi connectivity index (χ2n) is 9.93. The quantitative estimate of drug-likeness (QED) is 0.426. The molecule has 0 unspecified atom stereocenters. The topological polar surface area (TPSA) is 82.9 Å². The summed E-state index contributed by atoms with van der Waals surface area (Å²) < 4.78 is 2.14. The molecule has 1 N–H and O–H groups in total. The van der Waals surface area contributed by atoms with Crippen LogP contribution in [0.15, 0.2) is 48.5 Å². The maximum absolute atomic E-state index is 13.4. The number of aromatic nitrogens is 5. The lowest BCUT2D eigenvalue weighted by Gasteiger charge is -2.42. The summed E-state index contributed by atoms with van der Waals surface area (Å²) in [5.74, 6) is 1.36. The highest BCUT2D eigenvalue weighted by Crippen LogP contribution is 2.29.